The van der Waals surface area contributed by atoms with Crippen LogP contribution in [0.15, 0.2) is 60.7 Å². The lowest BCUT2D eigenvalue weighted by Gasteiger charge is -2.27. The van der Waals surface area contributed by atoms with Gasteiger partial charge in [-0.15, -0.1) is 24.2 Å². The molecule has 0 heterocycles. The van der Waals surface area contributed by atoms with Crippen LogP contribution in [0, 0.1) is 0 Å². The van der Waals surface area contributed by atoms with Crippen molar-refractivity contribution in [1.29, 1.82) is 0 Å². The number of benzene rings is 2. The lowest BCUT2D eigenvalue weighted by Crippen LogP contribution is -2.31. The predicted molar refractivity (Wildman–Crippen MR) is 102 cm³/mol. The molecule has 22 heavy (non-hydrogen) atoms. The quantitative estimate of drug-likeness (QED) is 0.727. The number of nitrogens with two attached hydrogens (primary N) is 1. The van der Waals surface area contributed by atoms with Crippen LogP contribution in [0.3, 0.4) is 0 Å². The maximum atomic E-state index is 6.03. The van der Waals surface area contributed by atoms with Crippen LogP contribution in [0.1, 0.15) is 30.9 Å². The summed E-state index contributed by atoms with van der Waals surface area (Å²) < 4.78 is 0.171. The SMILES string of the molecule is CC(CN)(CCCc1ccccc1)SCc1ccccc1.Cl. The first-order chi connectivity index (χ1) is 10.2. The maximum Gasteiger partial charge on any atom is 0.0257 e. The molecule has 1 atom stereocenters. The van der Waals surface area contributed by atoms with Gasteiger partial charge in [0, 0.05) is 17.0 Å². The Bertz CT molecular complexity index is 517. The summed E-state index contributed by atoms with van der Waals surface area (Å²) in [5.41, 5.74) is 8.83. The average molecular weight is 336 g/mol. The third kappa shape index (κ3) is 6.43. The summed E-state index contributed by atoms with van der Waals surface area (Å²) in [6.07, 6.45) is 3.50. The van der Waals surface area contributed by atoms with Gasteiger partial charge in [0.15, 0.2) is 0 Å². The van der Waals surface area contributed by atoms with Gasteiger partial charge in [0.25, 0.3) is 0 Å². The first-order valence-electron chi connectivity index (χ1n) is 7.64. The molecule has 0 aliphatic rings. The lowest BCUT2D eigenvalue weighted by molar-refractivity contribution is 0.566. The molecular weight excluding hydrogens is 310 g/mol. The third-order valence-electron chi connectivity index (χ3n) is 3.88. The fraction of sp³-hybridized carbons (Fsp3) is 0.368. The molecule has 2 aromatic rings. The van der Waals surface area contributed by atoms with Crippen LogP contribution >= 0.6 is 24.2 Å². The molecule has 0 fully saturated rings. The Kier molecular flexibility index (Phi) is 8.62. The molecule has 0 radical (unpaired) electrons. The second-order valence-corrected chi connectivity index (χ2v) is 7.33. The molecular formula is C19H26ClNS. The van der Waals surface area contributed by atoms with Crippen LogP contribution in [-0.4, -0.2) is 11.3 Å². The summed E-state index contributed by atoms with van der Waals surface area (Å²) in [6.45, 7) is 3.03. The highest BCUT2D eigenvalue weighted by Gasteiger charge is 2.22. The van der Waals surface area contributed by atoms with Gasteiger partial charge < -0.3 is 5.73 Å². The Balaban J connectivity index is 0.00000242. The van der Waals surface area contributed by atoms with Crippen molar-refractivity contribution in [2.45, 2.75) is 36.7 Å². The Morgan fingerprint density at radius 3 is 2.00 bits per heavy atom. The lowest BCUT2D eigenvalue weighted by atomic mass is 10.0. The number of hydrogen-bond acceptors (Lipinski definition) is 2. The fourth-order valence-electron chi connectivity index (χ4n) is 2.38. The predicted octanol–water partition coefficient (Wildman–Crippen LogP) is 5.08. The first-order valence-corrected chi connectivity index (χ1v) is 8.62. The Morgan fingerprint density at radius 2 is 1.45 bits per heavy atom. The van der Waals surface area contributed by atoms with E-state index in [1.54, 1.807) is 0 Å². The second kappa shape index (κ2) is 9.94. The zero-order valence-electron chi connectivity index (χ0n) is 13.2. The average Bonchev–Trinajstić information content (AvgIpc) is 2.55. The summed E-state index contributed by atoms with van der Waals surface area (Å²) in [5.74, 6) is 1.04. The van der Waals surface area contributed by atoms with Gasteiger partial charge in [-0.3, -0.25) is 0 Å². The van der Waals surface area contributed by atoms with Crippen LogP contribution in [-0.2, 0) is 12.2 Å². The second-order valence-electron chi connectivity index (χ2n) is 5.77. The van der Waals surface area contributed by atoms with Crippen molar-refractivity contribution < 1.29 is 0 Å². The number of aryl methyl sites for hydroxylation is 1. The number of halogens is 1. The molecule has 2 N–H and O–H groups in total. The van der Waals surface area contributed by atoms with Gasteiger partial charge in [0.2, 0.25) is 0 Å². The van der Waals surface area contributed by atoms with Gasteiger partial charge >= 0.3 is 0 Å². The molecule has 0 spiro atoms. The molecule has 3 heteroatoms. The molecule has 120 valence electrons. The molecule has 1 nitrogen and oxygen atoms in total. The minimum Gasteiger partial charge on any atom is -0.329 e. The minimum absolute atomic E-state index is 0. The number of hydrogen-bond donors (Lipinski definition) is 1. The topological polar surface area (TPSA) is 26.0 Å². The molecule has 0 amide bonds. The normalized spacial score (nSPS) is 13.2. The van der Waals surface area contributed by atoms with E-state index in [4.69, 9.17) is 5.73 Å². The van der Waals surface area contributed by atoms with Gasteiger partial charge in [-0.25, -0.2) is 0 Å². The standard InChI is InChI=1S/C19H25NS.ClH/c1-19(16-20,21-15-18-11-6-3-7-12-18)14-8-13-17-9-4-2-5-10-17;/h2-7,9-12H,8,13-16,20H2,1H3;1H. The van der Waals surface area contributed by atoms with Crippen molar-refractivity contribution in [3.63, 3.8) is 0 Å². The molecule has 0 bridgehead atoms. The molecule has 0 aromatic heterocycles. The van der Waals surface area contributed by atoms with Crippen molar-refractivity contribution in [2.24, 2.45) is 5.73 Å². The Labute approximate surface area is 145 Å². The highest BCUT2D eigenvalue weighted by molar-refractivity contribution is 7.99. The van der Waals surface area contributed by atoms with E-state index in [1.165, 1.54) is 17.5 Å². The zero-order chi connectivity index (χ0) is 15.0. The van der Waals surface area contributed by atoms with E-state index < -0.39 is 0 Å². The van der Waals surface area contributed by atoms with Crippen molar-refractivity contribution in [1.82, 2.24) is 0 Å². The maximum absolute atomic E-state index is 6.03. The van der Waals surface area contributed by atoms with Crippen LogP contribution in [0.2, 0.25) is 0 Å². The summed E-state index contributed by atoms with van der Waals surface area (Å²) in [5, 5.41) is 0. The van der Waals surface area contributed by atoms with Gasteiger partial charge in [-0.2, -0.15) is 0 Å². The zero-order valence-corrected chi connectivity index (χ0v) is 14.8. The Hall–Kier alpha value is -0.960. The van der Waals surface area contributed by atoms with E-state index in [-0.39, 0.29) is 17.2 Å². The van der Waals surface area contributed by atoms with E-state index >= 15 is 0 Å². The molecule has 0 aliphatic heterocycles. The number of thioether (sulfide) groups is 1. The van der Waals surface area contributed by atoms with Crippen LogP contribution < -0.4 is 5.73 Å². The first kappa shape index (κ1) is 19.1. The molecule has 0 aliphatic carbocycles. The van der Waals surface area contributed by atoms with Gasteiger partial charge in [0.05, 0.1) is 0 Å². The highest BCUT2D eigenvalue weighted by atomic mass is 35.5. The molecule has 0 saturated heterocycles. The molecule has 2 aromatic carbocycles. The van der Waals surface area contributed by atoms with Crippen molar-refractivity contribution in [2.75, 3.05) is 6.54 Å². The van der Waals surface area contributed by atoms with E-state index in [2.05, 4.69) is 67.6 Å². The summed E-state index contributed by atoms with van der Waals surface area (Å²) >= 11 is 1.99. The van der Waals surface area contributed by atoms with Crippen LogP contribution in [0.5, 0.6) is 0 Å². The van der Waals surface area contributed by atoms with Gasteiger partial charge in [-0.1, -0.05) is 60.7 Å². The summed E-state index contributed by atoms with van der Waals surface area (Å²) in [6, 6.07) is 21.4. The van der Waals surface area contributed by atoms with E-state index in [9.17, 15) is 0 Å². The smallest absolute Gasteiger partial charge is 0.0257 e. The molecule has 0 saturated carbocycles. The largest absolute Gasteiger partial charge is 0.329 e. The van der Waals surface area contributed by atoms with Gasteiger partial charge in [-0.05, 0) is 37.3 Å². The summed E-state index contributed by atoms with van der Waals surface area (Å²) in [7, 11) is 0. The highest BCUT2D eigenvalue weighted by Crippen LogP contribution is 2.32. The Morgan fingerprint density at radius 1 is 0.909 bits per heavy atom. The van der Waals surface area contributed by atoms with Crippen LogP contribution in [0.25, 0.3) is 0 Å². The fourth-order valence-corrected chi connectivity index (χ4v) is 3.49. The van der Waals surface area contributed by atoms with E-state index in [0.717, 1.165) is 25.1 Å². The van der Waals surface area contributed by atoms with Crippen LogP contribution in [0.4, 0.5) is 0 Å². The number of rotatable bonds is 8. The van der Waals surface area contributed by atoms with Crippen molar-refractivity contribution in [3.8, 4) is 0 Å². The third-order valence-corrected chi connectivity index (χ3v) is 5.42. The van der Waals surface area contributed by atoms with Crippen molar-refractivity contribution in [3.05, 3.63) is 71.8 Å². The van der Waals surface area contributed by atoms with E-state index in [0.29, 0.717) is 0 Å². The molecule has 1 unspecified atom stereocenters. The van der Waals surface area contributed by atoms with Gasteiger partial charge in [0.1, 0.15) is 0 Å². The van der Waals surface area contributed by atoms with E-state index in [1.807, 2.05) is 11.8 Å². The van der Waals surface area contributed by atoms with Crippen molar-refractivity contribution >= 4 is 24.2 Å². The molecule has 2 rings (SSSR count). The monoisotopic (exact) mass is 335 g/mol. The minimum atomic E-state index is 0. The summed E-state index contributed by atoms with van der Waals surface area (Å²) in [4.78, 5) is 0.